The number of anilines is 1. The van der Waals surface area contributed by atoms with Crippen LogP contribution >= 0.6 is 11.8 Å². The maximum atomic E-state index is 13.3. The van der Waals surface area contributed by atoms with Crippen LogP contribution in [0.25, 0.3) is 0 Å². The number of nitrogens with one attached hydrogen (secondary N) is 1. The van der Waals surface area contributed by atoms with E-state index in [9.17, 15) is 9.59 Å². The third-order valence-corrected chi connectivity index (χ3v) is 7.12. The number of likely N-dealkylation sites (tertiary alicyclic amines) is 1. The van der Waals surface area contributed by atoms with Gasteiger partial charge in [-0.25, -0.2) is 0 Å². The van der Waals surface area contributed by atoms with Crippen molar-refractivity contribution in [2.45, 2.75) is 30.5 Å². The zero-order chi connectivity index (χ0) is 24.2. The van der Waals surface area contributed by atoms with Gasteiger partial charge in [0, 0.05) is 31.3 Å². The number of nitrogens with zero attached hydrogens (tertiary/aromatic N) is 4. The number of amides is 2. The van der Waals surface area contributed by atoms with E-state index in [2.05, 4.69) is 15.5 Å². The molecule has 35 heavy (non-hydrogen) atoms. The third-order valence-electron chi connectivity index (χ3n) is 6.09. The summed E-state index contributed by atoms with van der Waals surface area (Å²) < 4.78 is 13.3. The van der Waals surface area contributed by atoms with Crippen molar-refractivity contribution in [1.29, 1.82) is 0 Å². The van der Waals surface area contributed by atoms with Crippen molar-refractivity contribution >= 4 is 29.3 Å². The summed E-state index contributed by atoms with van der Waals surface area (Å²) in [5.41, 5.74) is 2.30. The number of aromatic nitrogens is 3. The van der Waals surface area contributed by atoms with Gasteiger partial charge >= 0.3 is 0 Å². The average Bonchev–Trinajstić information content (AvgIpc) is 3.45. The number of rotatable bonds is 6. The van der Waals surface area contributed by atoms with Gasteiger partial charge in [-0.15, -0.1) is 10.2 Å². The van der Waals surface area contributed by atoms with Gasteiger partial charge in [0.25, 0.3) is 5.91 Å². The summed E-state index contributed by atoms with van der Waals surface area (Å²) in [5, 5.41) is 11.3. The van der Waals surface area contributed by atoms with Crippen LogP contribution < -0.4 is 14.8 Å². The number of thioether (sulfide) groups is 1. The molecule has 3 heterocycles. The smallest absolute Gasteiger partial charge is 0.254 e. The minimum atomic E-state index is -0.147. The lowest BCUT2D eigenvalue weighted by Gasteiger charge is -2.26. The number of aryl methyl sites for hydroxylation is 1. The maximum Gasteiger partial charge on any atom is 0.254 e. The fourth-order valence-corrected chi connectivity index (χ4v) is 5.02. The first kappa shape index (κ1) is 23.2. The van der Waals surface area contributed by atoms with E-state index in [0.29, 0.717) is 36.2 Å². The second kappa shape index (κ2) is 10.4. The molecule has 1 saturated heterocycles. The highest BCUT2D eigenvalue weighted by molar-refractivity contribution is 7.99. The van der Waals surface area contributed by atoms with Crippen molar-refractivity contribution < 1.29 is 19.1 Å². The quantitative estimate of drug-likeness (QED) is 0.523. The topological polar surface area (TPSA) is 98.6 Å². The van der Waals surface area contributed by atoms with E-state index in [1.54, 1.807) is 35.2 Å². The van der Waals surface area contributed by atoms with Gasteiger partial charge in [-0.1, -0.05) is 17.8 Å². The summed E-state index contributed by atoms with van der Waals surface area (Å²) in [7, 11) is 1.83. The largest absolute Gasteiger partial charge is 0.490 e. The molecule has 1 atom stereocenters. The molecule has 182 valence electrons. The van der Waals surface area contributed by atoms with Gasteiger partial charge in [-0.05, 0) is 54.8 Å². The van der Waals surface area contributed by atoms with E-state index in [-0.39, 0.29) is 23.6 Å². The van der Waals surface area contributed by atoms with Crippen LogP contribution in [0.5, 0.6) is 11.5 Å². The molecular formula is C25H27N5O4S. The standard InChI is InChI=1S/C25H27N5O4S/c1-29-16-26-28-25(29)35-15-23(31)27-19-8-5-17(6-9-19)24(32)30-11-2-4-20(30)18-7-10-21-22(14-18)34-13-3-12-33-21/h5-10,14,16,20H,2-4,11-13,15H2,1H3,(H,27,31). The summed E-state index contributed by atoms with van der Waals surface area (Å²) in [6.07, 6.45) is 4.30. The number of fused-ring (bicyclic) bond motifs is 1. The van der Waals surface area contributed by atoms with E-state index < -0.39 is 0 Å². The average molecular weight is 494 g/mol. The van der Waals surface area contributed by atoms with Crippen LogP contribution in [0.2, 0.25) is 0 Å². The van der Waals surface area contributed by atoms with Crippen molar-refractivity contribution in [3.63, 3.8) is 0 Å². The number of hydrogen-bond donors (Lipinski definition) is 1. The summed E-state index contributed by atoms with van der Waals surface area (Å²) in [6, 6.07) is 13.0. The summed E-state index contributed by atoms with van der Waals surface area (Å²) in [6.45, 7) is 1.98. The lowest BCUT2D eigenvalue weighted by molar-refractivity contribution is -0.113. The van der Waals surface area contributed by atoms with Crippen molar-refractivity contribution in [1.82, 2.24) is 19.7 Å². The molecule has 0 bridgehead atoms. The first-order chi connectivity index (χ1) is 17.1. The van der Waals surface area contributed by atoms with Crippen LogP contribution in [0, 0.1) is 0 Å². The van der Waals surface area contributed by atoms with Crippen molar-refractivity contribution in [3.8, 4) is 11.5 Å². The molecule has 1 N–H and O–H groups in total. The molecule has 1 aromatic heterocycles. The molecule has 10 heteroatoms. The Kier molecular flexibility index (Phi) is 6.89. The van der Waals surface area contributed by atoms with E-state index in [1.807, 2.05) is 30.1 Å². The van der Waals surface area contributed by atoms with Crippen LogP contribution in [0.1, 0.15) is 41.2 Å². The van der Waals surface area contributed by atoms with E-state index in [4.69, 9.17) is 9.47 Å². The number of ether oxygens (including phenoxy) is 2. The molecule has 0 spiro atoms. The molecule has 2 aliphatic rings. The lowest BCUT2D eigenvalue weighted by atomic mass is 10.0. The maximum absolute atomic E-state index is 13.3. The lowest BCUT2D eigenvalue weighted by Crippen LogP contribution is -2.30. The van der Waals surface area contributed by atoms with E-state index >= 15 is 0 Å². The number of benzene rings is 2. The molecule has 9 nitrogen and oxygen atoms in total. The molecule has 3 aromatic rings. The van der Waals surface area contributed by atoms with E-state index in [1.165, 1.54) is 11.8 Å². The van der Waals surface area contributed by atoms with Crippen LogP contribution in [0.4, 0.5) is 5.69 Å². The summed E-state index contributed by atoms with van der Waals surface area (Å²) in [4.78, 5) is 27.5. The first-order valence-corrected chi connectivity index (χ1v) is 12.6. The van der Waals surface area contributed by atoms with E-state index in [0.717, 1.165) is 36.3 Å². The fraction of sp³-hybridized carbons (Fsp3) is 0.360. The van der Waals surface area contributed by atoms with Gasteiger partial charge in [0.05, 0.1) is 25.0 Å². The van der Waals surface area contributed by atoms with Gasteiger partial charge in [0.15, 0.2) is 16.7 Å². The Bertz CT molecular complexity index is 1210. The number of carbonyl (C=O) groups excluding carboxylic acids is 2. The van der Waals surface area contributed by atoms with Gasteiger partial charge in [-0.2, -0.15) is 0 Å². The molecule has 2 aliphatic heterocycles. The van der Waals surface area contributed by atoms with Crippen LogP contribution in [0.3, 0.4) is 0 Å². The highest BCUT2D eigenvalue weighted by Gasteiger charge is 2.31. The van der Waals surface area contributed by atoms with Crippen LogP contribution in [-0.2, 0) is 11.8 Å². The number of carbonyl (C=O) groups is 2. The zero-order valence-electron chi connectivity index (χ0n) is 19.5. The molecule has 1 unspecified atom stereocenters. The Labute approximate surface area is 207 Å². The summed E-state index contributed by atoms with van der Waals surface area (Å²) in [5.74, 6) is 1.56. The Morgan fingerprint density at radius 3 is 2.66 bits per heavy atom. The molecule has 5 rings (SSSR count). The monoisotopic (exact) mass is 493 g/mol. The Morgan fingerprint density at radius 1 is 1.09 bits per heavy atom. The first-order valence-electron chi connectivity index (χ1n) is 11.7. The molecule has 0 saturated carbocycles. The molecule has 1 fully saturated rings. The molecule has 0 radical (unpaired) electrons. The summed E-state index contributed by atoms with van der Waals surface area (Å²) >= 11 is 1.31. The molecule has 2 amide bonds. The van der Waals surface area contributed by atoms with Crippen molar-refractivity contribution in [3.05, 3.63) is 59.9 Å². The second-order valence-corrected chi connectivity index (χ2v) is 9.49. The Hall–Kier alpha value is -3.53. The van der Waals surface area contributed by atoms with Crippen LogP contribution in [-0.4, -0.2) is 57.0 Å². The highest BCUT2D eigenvalue weighted by Crippen LogP contribution is 2.38. The predicted molar refractivity (Wildman–Crippen MR) is 132 cm³/mol. The van der Waals surface area contributed by atoms with Gasteiger partial charge < -0.3 is 24.3 Å². The van der Waals surface area contributed by atoms with Gasteiger partial charge in [0.1, 0.15) is 6.33 Å². The minimum absolute atomic E-state index is 0.00308. The SMILES string of the molecule is Cn1cnnc1SCC(=O)Nc1ccc(C(=O)N2CCCC2c2ccc3c(c2)OCCCO3)cc1. The van der Waals surface area contributed by atoms with Crippen LogP contribution in [0.15, 0.2) is 53.9 Å². The Balaban J connectivity index is 1.22. The molecular weight excluding hydrogens is 466 g/mol. The van der Waals surface area contributed by atoms with Gasteiger partial charge in [-0.3, -0.25) is 9.59 Å². The predicted octanol–water partition coefficient (Wildman–Crippen LogP) is 3.68. The van der Waals surface area contributed by atoms with Gasteiger partial charge in [0.2, 0.25) is 5.91 Å². The Morgan fingerprint density at radius 2 is 1.89 bits per heavy atom. The fourth-order valence-electron chi connectivity index (χ4n) is 4.34. The zero-order valence-corrected chi connectivity index (χ0v) is 20.3. The second-order valence-electron chi connectivity index (χ2n) is 8.55. The third kappa shape index (κ3) is 5.27. The minimum Gasteiger partial charge on any atom is -0.490 e. The molecule has 0 aliphatic carbocycles. The van der Waals surface area contributed by atoms with Crippen molar-refractivity contribution in [2.24, 2.45) is 7.05 Å². The molecule has 2 aromatic carbocycles. The number of hydrogen-bond acceptors (Lipinski definition) is 7. The van der Waals surface area contributed by atoms with Crippen molar-refractivity contribution in [2.75, 3.05) is 30.8 Å². The highest BCUT2D eigenvalue weighted by atomic mass is 32.2. The normalized spacial score (nSPS) is 17.2.